The quantitative estimate of drug-likeness (QED) is 0.167. The van der Waals surface area contributed by atoms with Crippen molar-refractivity contribution in [3.8, 4) is 16.9 Å². The van der Waals surface area contributed by atoms with Gasteiger partial charge in [0.05, 0.1) is 17.9 Å². The van der Waals surface area contributed by atoms with Gasteiger partial charge in [0.1, 0.15) is 11.6 Å². The second-order valence-electron chi connectivity index (χ2n) is 9.71. The van der Waals surface area contributed by atoms with Crippen molar-refractivity contribution in [3.63, 3.8) is 0 Å². The number of allylic oxidation sites excluding steroid dienone is 1. The summed E-state index contributed by atoms with van der Waals surface area (Å²) in [6, 6.07) is 12.4. The third kappa shape index (κ3) is 6.84. The van der Waals surface area contributed by atoms with E-state index in [0.29, 0.717) is 43.0 Å². The Bertz CT molecular complexity index is 1260. The Morgan fingerprint density at radius 2 is 1.36 bits per heavy atom. The molecule has 210 valence electrons. The summed E-state index contributed by atoms with van der Waals surface area (Å²) in [5.41, 5.74) is 6.59. The molecule has 3 aromatic carbocycles. The Balaban J connectivity index is 1.68. The summed E-state index contributed by atoms with van der Waals surface area (Å²) >= 11 is 0. The van der Waals surface area contributed by atoms with Gasteiger partial charge in [0, 0.05) is 13.6 Å². The van der Waals surface area contributed by atoms with E-state index < -0.39 is 11.7 Å². The van der Waals surface area contributed by atoms with Gasteiger partial charge in [-0.25, -0.2) is 4.39 Å². The Labute approximate surface area is 230 Å². The summed E-state index contributed by atoms with van der Waals surface area (Å²) in [6.45, 7) is 13.6. The van der Waals surface area contributed by atoms with Crippen LogP contribution >= 0.6 is 0 Å². The molecule has 3 aromatic rings. The summed E-state index contributed by atoms with van der Waals surface area (Å²) in [5, 5.41) is 0. The zero-order valence-electron chi connectivity index (χ0n) is 23.6. The molecule has 0 spiro atoms. The van der Waals surface area contributed by atoms with Gasteiger partial charge in [-0.2, -0.15) is 13.2 Å². The van der Waals surface area contributed by atoms with Crippen LogP contribution < -0.4 is 9.64 Å². The van der Waals surface area contributed by atoms with Crippen molar-refractivity contribution in [1.29, 1.82) is 0 Å². The summed E-state index contributed by atoms with van der Waals surface area (Å²) in [4.78, 5) is 2.00. The first kappa shape index (κ1) is 30.3. The van der Waals surface area contributed by atoms with E-state index in [4.69, 9.17) is 4.74 Å². The molecule has 0 N–H and O–H groups in total. The van der Waals surface area contributed by atoms with E-state index in [2.05, 4.69) is 27.4 Å². The SMILES string of the molecule is C=C(CC)c1c(CC)c(CC)c(F)c(N(C)CCCOc2ccc(-c3ccc(C(F)(F)F)cc3)cc2)c1CC. The van der Waals surface area contributed by atoms with Gasteiger partial charge in [-0.05, 0) is 95.3 Å². The molecule has 0 unspecified atom stereocenters. The molecular weight excluding hydrogens is 502 g/mol. The van der Waals surface area contributed by atoms with Crippen LogP contribution in [-0.4, -0.2) is 20.2 Å². The molecule has 3 rings (SSSR count). The average molecular weight is 542 g/mol. The van der Waals surface area contributed by atoms with Crippen molar-refractivity contribution in [2.75, 3.05) is 25.1 Å². The maximum absolute atomic E-state index is 15.8. The van der Waals surface area contributed by atoms with Crippen molar-refractivity contribution < 1.29 is 22.3 Å². The zero-order valence-corrected chi connectivity index (χ0v) is 23.6. The van der Waals surface area contributed by atoms with Crippen molar-refractivity contribution >= 4 is 11.3 Å². The molecule has 0 fully saturated rings. The van der Waals surface area contributed by atoms with Crippen LogP contribution in [0.1, 0.15) is 68.4 Å². The molecule has 0 amide bonds. The van der Waals surface area contributed by atoms with Crippen molar-refractivity contribution in [2.45, 2.75) is 66.0 Å². The molecule has 0 aromatic heterocycles. The number of alkyl halides is 3. The number of rotatable bonds is 12. The lowest BCUT2D eigenvalue weighted by atomic mass is 9.85. The van der Waals surface area contributed by atoms with Gasteiger partial charge in [-0.3, -0.25) is 0 Å². The molecule has 0 heterocycles. The standard InChI is InChI=1S/C33H39F4NO/c1-7-22(5)30-27(8-2)28(9-3)31(34)32(29(30)10-4)38(6)20-11-21-39-26-18-14-24(15-19-26)23-12-16-25(17-13-23)33(35,36)37/h12-19H,5,7-11,20-21H2,1-4,6H3. The van der Waals surface area contributed by atoms with E-state index in [9.17, 15) is 13.2 Å². The number of benzene rings is 3. The van der Waals surface area contributed by atoms with Crippen LogP contribution in [0.25, 0.3) is 16.7 Å². The second kappa shape index (κ2) is 13.2. The summed E-state index contributed by atoms with van der Waals surface area (Å²) in [7, 11) is 1.93. The maximum atomic E-state index is 15.8. The molecule has 2 nitrogen and oxygen atoms in total. The zero-order chi connectivity index (χ0) is 28.7. The topological polar surface area (TPSA) is 12.5 Å². The number of hydrogen-bond acceptors (Lipinski definition) is 2. The minimum atomic E-state index is -4.35. The normalized spacial score (nSPS) is 11.5. The second-order valence-corrected chi connectivity index (χ2v) is 9.71. The van der Waals surface area contributed by atoms with Crippen LogP contribution in [0, 0.1) is 5.82 Å². The van der Waals surface area contributed by atoms with E-state index in [0.717, 1.165) is 64.8 Å². The Morgan fingerprint density at radius 3 is 1.85 bits per heavy atom. The smallest absolute Gasteiger partial charge is 0.416 e. The van der Waals surface area contributed by atoms with Gasteiger partial charge in [0.2, 0.25) is 0 Å². The number of ether oxygens (including phenoxy) is 1. The van der Waals surface area contributed by atoms with Crippen LogP contribution in [0.15, 0.2) is 55.1 Å². The third-order valence-electron chi connectivity index (χ3n) is 7.26. The fourth-order valence-corrected chi connectivity index (χ4v) is 5.16. The Hall–Kier alpha value is -3.28. The van der Waals surface area contributed by atoms with Crippen LogP contribution in [-0.2, 0) is 25.4 Å². The highest BCUT2D eigenvalue weighted by Crippen LogP contribution is 2.38. The van der Waals surface area contributed by atoms with Crippen LogP contribution in [0.5, 0.6) is 5.75 Å². The largest absolute Gasteiger partial charge is 0.494 e. The van der Waals surface area contributed by atoms with Crippen molar-refractivity contribution in [2.24, 2.45) is 0 Å². The molecule has 39 heavy (non-hydrogen) atoms. The van der Waals surface area contributed by atoms with Gasteiger partial charge in [-0.15, -0.1) is 0 Å². The van der Waals surface area contributed by atoms with E-state index >= 15 is 4.39 Å². The third-order valence-corrected chi connectivity index (χ3v) is 7.26. The van der Waals surface area contributed by atoms with Crippen molar-refractivity contribution in [1.82, 2.24) is 0 Å². The van der Waals surface area contributed by atoms with Crippen LogP contribution in [0.3, 0.4) is 0 Å². The van der Waals surface area contributed by atoms with E-state index in [-0.39, 0.29) is 5.82 Å². The molecule has 0 aliphatic heterocycles. The summed E-state index contributed by atoms with van der Waals surface area (Å²) in [6.07, 6.45) is -0.696. The molecule has 0 saturated carbocycles. The minimum absolute atomic E-state index is 0.124. The van der Waals surface area contributed by atoms with Gasteiger partial charge < -0.3 is 9.64 Å². The lowest BCUT2D eigenvalue weighted by Crippen LogP contribution is -2.25. The van der Waals surface area contributed by atoms with Gasteiger partial charge >= 0.3 is 6.18 Å². The highest BCUT2D eigenvalue weighted by atomic mass is 19.4. The predicted molar refractivity (Wildman–Crippen MR) is 154 cm³/mol. The van der Waals surface area contributed by atoms with E-state index in [1.165, 1.54) is 12.1 Å². The van der Waals surface area contributed by atoms with Crippen LogP contribution in [0.4, 0.5) is 23.2 Å². The molecule has 6 heteroatoms. The first-order chi connectivity index (χ1) is 18.6. The highest BCUT2D eigenvalue weighted by molar-refractivity contribution is 5.77. The number of hydrogen-bond donors (Lipinski definition) is 0. The molecule has 0 atom stereocenters. The van der Waals surface area contributed by atoms with Crippen LogP contribution in [0.2, 0.25) is 0 Å². The predicted octanol–water partition coefficient (Wildman–Crippen LogP) is 9.53. The van der Waals surface area contributed by atoms with Gasteiger partial charge in [-0.1, -0.05) is 58.5 Å². The number of anilines is 1. The van der Waals surface area contributed by atoms with E-state index in [1.807, 2.05) is 43.1 Å². The van der Waals surface area contributed by atoms with Gasteiger partial charge in [0.25, 0.3) is 0 Å². The highest BCUT2D eigenvalue weighted by Gasteiger charge is 2.30. The summed E-state index contributed by atoms with van der Waals surface area (Å²) in [5.74, 6) is 0.553. The Morgan fingerprint density at radius 1 is 0.821 bits per heavy atom. The fraction of sp³-hybridized carbons (Fsp3) is 0.394. The lowest BCUT2D eigenvalue weighted by molar-refractivity contribution is -0.137. The molecule has 0 bridgehead atoms. The molecule has 0 aliphatic rings. The maximum Gasteiger partial charge on any atom is 0.416 e. The van der Waals surface area contributed by atoms with E-state index in [1.54, 1.807) is 0 Å². The molecular formula is C33H39F4NO. The summed E-state index contributed by atoms with van der Waals surface area (Å²) < 4.78 is 60.2. The first-order valence-electron chi connectivity index (χ1n) is 13.7. The average Bonchev–Trinajstić information content (AvgIpc) is 2.93. The number of nitrogens with zero attached hydrogens (tertiary/aromatic N) is 1. The Kier molecular flexibility index (Phi) is 10.2. The first-order valence-corrected chi connectivity index (χ1v) is 13.7. The molecule has 0 aliphatic carbocycles. The van der Waals surface area contributed by atoms with Gasteiger partial charge in [0.15, 0.2) is 0 Å². The fourth-order valence-electron chi connectivity index (χ4n) is 5.16. The molecule has 0 saturated heterocycles. The lowest BCUT2D eigenvalue weighted by Gasteiger charge is -2.29. The monoisotopic (exact) mass is 541 g/mol. The van der Waals surface area contributed by atoms with Crippen molar-refractivity contribution in [3.05, 3.63) is 88.7 Å². The molecule has 0 radical (unpaired) electrons. The minimum Gasteiger partial charge on any atom is -0.494 e. The number of halogens is 4.